The molecule has 0 atom stereocenters. The summed E-state index contributed by atoms with van der Waals surface area (Å²) in [6.07, 6.45) is 3.10. The van der Waals surface area contributed by atoms with Crippen molar-refractivity contribution in [2.45, 2.75) is 59.0 Å². The van der Waals surface area contributed by atoms with E-state index >= 15 is 0 Å². The van der Waals surface area contributed by atoms with E-state index in [4.69, 9.17) is 10.5 Å². The van der Waals surface area contributed by atoms with Crippen LogP contribution in [0.1, 0.15) is 52.0 Å². The van der Waals surface area contributed by atoms with Crippen LogP contribution in [0.2, 0.25) is 0 Å². The van der Waals surface area contributed by atoms with Gasteiger partial charge in [0.05, 0.1) is 0 Å². The van der Waals surface area contributed by atoms with Gasteiger partial charge in [0, 0.05) is 18.7 Å². The predicted molar refractivity (Wildman–Crippen MR) is 95.6 cm³/mol. The Morgan fingerprint density at radius 3 is 2.65 bits per heavy atom. The molecule has 23 heavy (non-hydrogen) atoms. The van der Waals surface area contributed by atoms with E-state index in [2.05, 4.69) is 10.3 Å². The molecule has 0 aliphatic rings. The Bertz CT molecular complexity index is 533. The molecule has 0 amide bonds. The van der Waals surface area contributed by atoms with E-state index in [9.17, 15) is 4.79 Å². The van der Waals surface area contributed by atoms with Gasteiger partial charge in [0.25, 0.3) is 0 Å². The molecule has 0 aliphatic carbocycles. The molecule has 5 heteroatoms. The Labute approximate surface area is 139 Å². The number of carbonyl (C=O) groups excluding carboxylic acids is 1. The molecule has 1 rings (SSSR count). The van der Waals surface area contributed by atoms with E-state index < -0.39 is 5.60 Å². The summed E-state index contributed by atoms with van der Waals surface area (Å²) in [5, 5.41) is 3.07. The maximum Gasteiger partial charge on any atom is 0.306 e. The number of esters is 1. The lowest BCUT2D eigenvalue weighted by molar-refractivity contribution is -0.154. The van der Waals surface area contributed by atoms with Crippen LogP contribution in [0.4, 0.5) is 5.69 Å². The number of aliphatic imine (C=N–C) groups is 1. The SMILES string of the molecule is Cc1cccc(NC(N)=NCCCCCC(=O)OC(C)(C)C)c1. The summed E-state index contributed by atoms with van der Waals surface area (Å²) in [6, 6.07) is 7.98. The van der Waals surface area contributed by atoms with E-state index in [0.29, 0.717) is 18.9 Å². The highest BCUT2D eigenvalue weighted by Crippen LogP contribution is 2.11. The van der Waals surface area contributed by atoms with E-state index in [1.54, 1.807) is 0 Å². The van der Waals surface area contributed by atoms with Crippen LogP contribution in [0.5, 0.6) is 0 Å². The average Bonchev–Trinajstić information content (AvgIpc) is 2.40. The Morgan fingerprint density at radius 2 is 2.00 bits per heavy atom. The van der Waals surface area contributed by atoms with Gasteiger partial charge in [0.15, 0.2) is 5.96 Å². The minimum atomic E-state index is -0.405. The standard InChI is InChI=1S/C18H29N3O2/c1-14-9-8-10-15(13-14)21-17(19)20-12-7-5-6-11-16(22)23-18(2,3)4/h8-10,13H,5-7,11-12H2,1-4H3,(H3,19,20,21). The van der Waals surface area contributed by atoms with Crippen molar-refractivity contribution in [3.05, 3.63) is 29.8 Å². The monoisotopic (exact) mass is 319 g/mol. The number of hydrogen-bond donors (Lipinski definition) is 2. The fourth-order valence-electron chi connectivity index (χ4n) is 2.06. The van der Waals surface area contributed by atoms with Crippen LogP contribution in [0.25, 0.3) is 0 Å². The second-order valence-corrected chi connectivity index (χ2v) is 6.66. The summed E-state index contributed by atoms with van der Waals surface area (Å²) in [5.41, 5.74) is 7.56. The van der Waals surface area contributed by atoms with Crippen molar-refractivity contribution in [1.29, 1.82) is 0 Å². The van der Waals surface area contributed by atoms with Gasteiger partial charge >= 0.3 is 5.97 Å². The lowest BCUT2D eigenvalue weighted by Crippen LogP contribution is -2.23. The number of guanidine groups is 1. The molecule has 128 valence electrons. The summed E-state index contributed by atoms with van der Waals surface area (Å²) in [4.78, 5) is 15.8. The number of unbranched alkanes of at least 4 members (excludes halogenated alkanes) is 2. The van der Waals surface area contributed by atoms with E-state index in [-0.39, 0.29) is 5.97 Å². The minimum Gasteiger partial charge on any atom is -0.460 e. The molecule has 0 radical (unpaired) electrons. The van der Waals surface area contributed by atoms with Gasteiger partial charge in [0.1, 0.15) is 5.60 Å². The second-order valence-electron chi connectivity index (χ2n) is 6.66. The van der Waals surface area contributed by atoms with Gasteiger partial charge in [0.2, 0.25) is 0 Å². The zero-order valence-corrected chi connectivity index (χ0v) is 14.7. The molecule has 5 nitrogen and oxygen atoms in total. The Morgan fingerprint density at radius 1 is 1.26 bits per heavy atom. The third-order valence-corrected chi connectivity index (χ3v) is 3.03. The van der Waals surface area contributed by atoms with Crippen LogP contribution in [0, 0.1) is 6.92 Å². The molecule has 0 aliphatic heterocycles. The fraction of sp³-hybridized carbons (Fsp3) is 0.556. The lowest BCUT2D eigenvalue weighted by atomic mass is 10.1. The summed E-state index contributed by atoms with van der Waals surface area (Å²) in [7, 11) is 0. The maximum atomic E-state index is 11.6. The third-order valence-electron chi connectivity index (χ3n) is 3.03. The van der Waals surface area contributed by atoms with Crippen molar-refractivity contribution in [3.63, 3.8) is 0 Å². The van der Waals surface area contributed by atoms with E-state index in [1.807, 2.05) is 52.0 Å². The van der Waals surface area contributed by atoms with Crippen LogP contribution < -0.4 is 11.1 Å². The Balaban J connectivity index is 2.17. The van der Waals surface area contributed by atoms with Crippen molar-refractivity contribution >= 4 is 17.6 Å². The van der Waals surface area contributed by atoms with Crippen LogP contribution >= 0.6 is 0 Å². The molecular formula is C18H29N3O2. The molecule has 0 unspecified atom stereocenters. The molecule has 0 spiro atoms. The maximum absolute atomic E-state index is 11.6. The summed E-state index contributed by atoms with van der Waals surface area (Å²) in [5.74, 6) is 0.282. The highest BCUT2D eigenvalue weighted by molar-refractivity contribution is 5.92. The number of nitrogens with two attached hydrogens (primary N) is 1. The van der Waals surface area contributed by atoms with Crippen molar-refractivity contribution in [3.8, 4) is 0 Å². The number of rotatable bonds is 7. The average molecular weight is 319 g/mol. The first kappa shape index (κ1) is 19.0. The first-order valence-electron chi connectivity index (χ1n) is 8.12. The van der Waals surface area contributed by atoms with Crippen LogP contribution in [-0.2, 0) is 9.53 Å². The summed E-state index contributed by atoms with van der Waals surface area (Å²) < 4.78 is 5.26. The van der Waals surface area contributed by atoms with Gasteiger partial charge in [-0.2, -0.15) is 0 Å². The number of ether oxygens (including phenoxy) is 1. The predicted octanol–water partition coefficient (Wildman–Crippen LogP) is 3.62. The molecule has 1 aromatic rings. The van der Waals surface area contributed by atoms with Crippen molar-refractivity contribution in [2.75, 3.05) is 11.9 Å². The zero-order chi connectivity index (χ0) is 17.3. The quantitative estimate of drug-likeness (QED) is 0.348. The van der Waals surface area contributed by atoms with Gasteiger partial charge < -0.3 is 15.8 Å². The number of hydrogen-bond acceptors (Lipinski definition) is 3. The molecule has 0 saturated heterocycles. The topological polar surface area (TPSA) is 76.7 Å². The van der Waals surface area contributed by atoms with Crippen LogP contribution in [-0.4, -0.2) is 24.1 Å². The van der Waals surface area contributed by atoms with Crippen LogP contribution in [0.3, 0.4) is 0 Å². The van der Waals surface area contributed by atoms with Gasteiger partial charge in [-0.15, -0.1) is 0 Å². The van der Waals surface area contributed by atoms with Gasteiger partial charge in [-0.25, -0.2) is 0 Å². The van der Waals surface area contributed by atoms with Gasteiger partial charge in [-0.1, -0.05) is 18.6 Å². The Hall–Kier alpha value is -2.04. The molecular weight excluding hydrogens is 290 g/mol. The number of nitrogens with one attached hydrogen (secondary N) is 1. The largest absolute Gasteiger partial charge is 0.460 e. The summed E-state index contributed by atoms with van der Waals surface area (Å²) >= 11 is 0. The zero-order valence-electron chi connectivity index (χ0n) is 14.7. The molecule has 0 fully saturated rings. The number of benzene rings is 1. The highest BCUT2D eigenvalue weighted by atomic mass is 16.6. The number of carbonyl (C=O) groups is 1. The van der Waals surface area contributed by atoms with Gasteiger partial charge in [-0.05, 0) is 58.2 Å². The molecule has 0 saturated carbocycles. The first-order valence-corrected chi connectivity index (χ1v) is 8.12. The smallest absolute Gasteiger partial charge is 0.306 e. The fourth-order valence-corrected chi connectivity index (χ4v) is 2.06. The first-order chi connectivity index (χ1) is 10.8. The van der Waals surface area contributed by atoms with Crippen LogP contribution in [0.15, 0.2) is 29.3 Å². The molecule has 3 N–H and O–H groups in total. The highest BCUT2D eigenvalue weighted by Gasteiger charge is 2.15. The van der Waals surface area contributed by atoms with E-state index in [0.717, 1.165) is 24.9 Å². The molecule has 1 aromatic carbocycles. The molecule has 0 bridgehead atoms. The third kappa shape index (κ3) is 9.55. The van der Waals surface area contributed by atoms with Crippen molar-refractivity contribution in [1.82, 2.24) is 0 Å². The minimum absolute atomic E-state index is 0.137. The van der Waals surface area contributed by atoms with Crippen molar-refractivity contribution < 1.29 is 9.53 Å². The number of aryl methyl sites for hydroxylation is 1. The molecule has 0 heterocycles. The summed E-state index contributed by atoms with van der Waals surface area (Å²) in [6.45, 7) is 8.32. The Kier molecular flexibility index (Phi) is 7.59. The number of anilines is 1. The van der Waals surface area contributed by atoms with E-state index in [1.165, 1.54) is 5.56 Å². The lowest BCUT2D eigenvalue weighted by Gasteiger charge is -2.19. The molecule has 0 aromatic heterocycles. The number of nitrogens with zero attached hydrogens (tertiary/aromatic N) is 1. The second kappa shape index (κ2) is 9.18. The van der Waals surface area contributed by atoms with Crippen molar-refractivity contribution in [2.24, 2.45) is 10.7 Å². The van der Waals surface area contributed by atoms with Gasteiger partial charge in [-0.3, -0.25) is 9.79 Å². The normalized spacial score (nSPS) is 12.1.